The van der Waals surface area contributed by atoms with Gasteiger partial charge < -0.3 is 19.3 Å². The molecule has 14 heteroatoms. The highest BCUT2D eigenvalue weighted by Crippen LogP contribution is 2.31. The fraction of sp³-hybridized carbons (Fsp3) is 0.471. The van der Waals surface area contributed by atoms with Crippen molar-refractivity contribution >= 4 is 62.4 Å². The first-order valence-electron chi connectivity index (χ1n) is 16.0. The largest absolute Gasteiger partial charge is 0.379 e. The van der Waals surface area contributed by atoms with Gasteiger partial charge in [-0.25, -0.2) is 0 Å². The van der Waals surface area contributed by atoms with Gasteiger partial charge in [0.05, 0.1) is 13.2 Å². The summed E-state index contributed by atoms with van der Waals surface area (Å²) in [6, 6.07) is 10.1. The van der Waals surface area contributed by atoms with E-state index in [-0.39, 0.29) is 63.5 Å². The maximum atomic E-state index is 13.0. The van der Waals surface area contributed by atoms with Crippen molar-refractivity contribution in [1.82, 2.24) is 20.4 Å². The molecule has 0 aromatic heterocycles. The summed E-state index contributed by atoms with van der Waals surface area (Å²) in [5.74, 6) is -1.75. The van der Waals surface area contributed by atoms with Gasteiger partial charge in [0.2, 0.25) is 23.6 Å². The second-order valence-electron chi connectivity index (χ2n) is 12.1. The number of aryl methyl sites for hydroxylation is 2. The van der Waals surface area contributed by atoms with E-state index in [1.165, 1.54) is 0 Å². The molecule has 2 N–H and O–H groups in total. The van der Waals surface area contributed by atoms with Crippen LogP contribution < -0.4 is 10.6 Å². The Labute approximate surface area is 293 Å². The molecule has 48 heavy (non-hydrogen) atoms. The number of amides is 6. The zero-order valence-corrected chi connectivity index (χ0v) is 28.7. The first-order valence-corrected chi connectivity index (χ1v) is 16.0. The zero-order valence-electron chi connectivity index (χ0n) is 26.7. The standard InChI is InChI=1S/C34H38N4O8.2H2S/c39-29-13-11-27(31(41)35-29)37-19-25-21(5-1-9-23(25)33(37)43)7-3-15-45-17-18-46-16-4-8-22-6-2-10-24-26(22)20-38(34(24)44)28-12-14-30(40)36-32(28)42;;/h1-2,5-6,9-10,27-28H,3-4,7-8,11-20H2,(H,35,39,41)(H,36,40,42);2*1H2/t27-,28-;;/m0../s1. The van der Waals surface area contributed by atoms with E-state index in [4.69, 9.17) is 9.47 Å². The summed E-state index contributed by atoms with van der Waals surface area (Å²) in [4.78, 5) is 76.9. The maximum Gasteiger partial charge on any atom is 0.255 e. The summed E-state index contributed by atoms with van der Waals surface area (Å²) in [5.41, 5.74) is 5.25. The molecule has 4 aliphatic heterocycles. The van der Waals surface area contributed by atoms with Crippen LogP contribution in [-0.4, -0.2) is 83.8 Å². The van der Waals surface area contributed by atoms with Gasteiger partial charge in [-0.1, -0.05) is 24.3 Å². The summed E-state index contributed by atoms with van der Waals surface area (Å²) in [7, 11) is 0. The number of carbonyl (C=O) groups excluding carboxylic acids is 6. The third kappa shape index (κ3) is 7.94. The fourth-order valence-corrected chi connectivity index (χ4v) is 6.82. The van der Waals surface area contributed by atoms with Crippen molar-refractivity contribution in [2.75, 3.05) is 26.4 Å². The Morgan fingerprint density at radius 1 is 0.604 bits per heavy atom. The van der Waals surface area contributed by atoms with Crippen LogP contribution in [-0.2, 0) is 54.6 Å². The molecule has 0 spiro atoms. The second kappa shape index (κ2) is 16.6. The van der Waals surface area contributed by atoms with Crippen LogP contribution in [0.1, 0.15) is 81.5 Å². The third-order valence-corrected chi connectivity index (χ3v) is 9.20. The first kappa shape index (κ1) is 37.1. The third-order valence-electron chi connectivity index (χ3n) is 9.20. The van der Waals surface area contributed by atoms with Crippen molar-refractivity contribution < 1.29 is 38.2 Å². The Hall–Kier alpha value is -3.72. The highest BCUT2D eigenvalue weighted by molar-refractivity contribution is 7.59. The molecular weight excluding hydrogens is 657 g/mol. The summed E-state index contributed by atoms with van der Waals surface area (Å²) in [6.45, 7) is 2.75. The Morgan fingerprint density at radius 2 is 1.02 bits per heavy atom. The van der Waals surface area contributed by atoms with Crippen LogP contribution in [0, 0.1) is 0 Å². The highest BCUT2D eigenvalue weighted by Gasteiger charge is 2.41. The van der Waals surface area contributed by atoms with Crippen LogP contribution in [0.3, 0.4) is 0 Å². The molecule has 2 aromatic carbocycles. The highest BCUT2D eigenvalue weighted by atomic mass is 32.1. The molecule has 6 rings (SSSR count). The number of piperidine rings is 2. The number of nitrogens with one attached hydrogen (secondary N) is 2. The second-order valence-corrected chi connectivity index (χ2v) is 12.1. The Bertz CT molecular complexity index is 1470. The minimum atomic E-state index is -0.623. The average Bonchev–Trinajstić information content (AvgIpc) is 3.55. The van der Waals surface area contributed by atoms with E-state index in [1.807, 2.05) is 24.3 Å². The van der Waals surface area contributed by atoms with E-state index >= 15 is 0 Å². The molecule has 2 aromatic rings. The van der Waals surface area contributed by atoms with Crippen molar-refractivity contribution in [1.29, 1.82) is 0 Å². The molecule has 4 aliphatic rings. The van der Waals surface area contributed by atoms with Gasteiger partial charge in [-0.15, -0.1) is 0 Å². The van der Waals surface area contributed by atoms with Crippen molar-refractivity contribution in [2.45, 2.75) is 76.5 Å². The van der Waals surface area contributed by atoms with Crippen LogP contribution in [0.5, 0.6) is 0 Å². The number of imide groups is 2. The molecule has 0 radical (unpaired) electrons. The molecule has 2 fully saturated rings. The molecule has 0 bridgehead atoms. The van der Waals surface area contributed by atoms with Gasteiger partial charge in [-0.3, -0.25) is 39.4 Å². The lowest BCUT2D eigenvalue weighted by molar-refractivity contribution is -0.138. The summed E-state index contributed by atoms with van der Waals surface area (Å²) >= 11 is 0. The predicted octanol–water partition coefficient (Wildman–Crippen LogP) is 2.03. The normalized spacial score (nSPS) is 20.2. The quantitative estimate of drug-likeness (QED) is 0.238. The minimum Gasteiger partial charge on any atom is -0.379 e. The topological polar surface area (TPSA) is 151 Å². The van der Waals surface area contributed by atoms with Crippen molar-refractivity contribution in [3.05, 3.63) is 69.8 Å². The molecule has 4 heterocycles. The number of benzene rings is 2. The molecule has 6 amide bonds. The number of nitrogens with zero attached hydrogens (tertiary/aromatic N) is 2. The lowest BCUT2D eigenvalue weighted by Crippen LogP contribution is -2.52. The summed E-state index contributed by atoms with van der Waals surface area (Å²) < 4.78 is 11.5. The Balaban J connectivity index is 0.00000260. The molecule has 0 saturated carbocycles. The zero-order chi connectivity index (χ0) is 32.2. The molecule has 2 atom stereocenters. The van der Waals surface area contributed by atoms with Gasteiger partial charge >= 0.3 is 0 Å². The van der Waals surface area contributed by atoms with E-state index in [1.54, 1.807) is 21.9 Å². The van der Waals surface area contributed by atoms with Gasteiger partial charge in [-0.05, 0) is 72.9 Å². The van der Waals surface area contributed by atoms with Crippen molar-refractivity contribution in [2.24, 2.45) is 0 Å². The number of fused-ring (bicyclic) bond motifs is 2. The first-order chi connectivity index (χ1) is 22.3. The van der Waals surface area contributed by atoms with Crippen molar-refractivity contribution in [3.8, 4) is 0 Å². The number of hydrogen-bond donors (Lipinski definition) is 2. The van der Waals surface area contributed by atoms with Gasteiger partial charge in [0.1, 0.15) is 12.1 Å². The number of hydrogen-bond acceptors (Lipinski definition) is 8. The monoisotopic (exact) mass is 698 g/mol. The maximum absolute atomic E-state index is 13.0. The summed E-state index contributed by atoms with van der Waals surface area (Å²) in [6.07, 6.45) is 4.18. The molecular formula is C34H42N4O8S2. The molecule has 2 saturated heterocycles. The van der Waals surface area contributed by atoms with E-state index in [2.05, 4.69) is 10.6 Å². The smallest absolute Gasteiger partial charge is 0.255 e. The summed E-state index contributed by atoms with van der Waals surface area (Å²) in [5, 5.41) is 4.68. The van der Waals surface area contributed by atoms with Gasteiger partial charge in [0, 0.05) is 50.3 Å². The number of carbonyl (C=O) groups is 6. The Morgan fingerprint density at radius 3 is 1.42 bits per heavy atom. The molecule has 12 nitrogen and oxygen atoms in total. The van der Waals surface area contributed by atoms with Crippen LogP contribution >= 0.6 is 27.0 Å². The molecule has 0 aliphatic carbocycles. The fourth-order valence-electron chi connectivity index (χ4n) is 6.82. The van der Waals surface area contributed by atoms with E-state index in [9.17, 15) is 28.8 Å². The SMILES string of the molecule is O=C1CC[C@H](N2Cc3c(CCCOCCOCCCc4cccc5c4CN([C@H]4CCC(=O)NC4=O)C5=O)cccc3C2=O)C(=O)N1.S.S. The van der Waals surface area contributed by atoms with Crippen LogP contribution in [0.2, 0.25) is 0 Å². The van der Waals surface area contributed by atoms with E-state index in [0.29, 0.717) is 63.5 Å². The lowest BCUT2D eigenvalue weighted by atomic mass is 10.00. The van der Waals surface area contributed by atoms with Crippen LogP contribution in [0.15, 0.2) is 36.4 Å². The van der Waals surface area contributed by atoms with Crippen LogP contribution in [0.25, 0.3) is 0 Å². The minimum absolute atomic E-state index is 0. The van der Waals surface area contributed by atoms with Gasteiger partial charge in [0.15, 0.2) is 0 Å². The van der Waals surface area contributed by atoms with E-state index < -0.39 is 23.9 Å². The lowest BCUT2D eigenvalue weighted by Gasteiger charge is -2.29. The van der Waals surface area contributed by atoms with Crippen LogP contribution in [0.4, 0.5) is 0 Å². The average molecular weight is 699 g/mol. The van der Waals surface area contributed by atoms with Crippen molar-refractivity contribution in [3.63, 3.8) is 0 Å². The molecule has 0 unspecified atom stereocenters. The van der Waals surface area contributed by atoms with Gasteiger partial charge in [-0.2, -0.15) is 27.0 Å². The predicted molar refractivity (Wildman–Crippen MR) is 184 cm³/mol. The van der Waals surface area contributed by atoms with E-state index in [0.717, 1.165) is 47.9 Å². The Kier molecular flexibility index (Phi) is 12.8. The molecule has 258 valence electrons. The number of ether oxygens (including phenoxy) is 2. The van der Waals surface area contributed by atoms with Gasteiger partial charge in [0.25, 0.3) is 11.8 Å². The number of rotatable bonds is 13.